The maximum absolute atomic E-state index is 13.6. The van der Waals surface area contributed by atoms with Crippen molar-refractivity contribution in [3.63, 3.8) is 0 Å². The number of aryl methyl sites for hydroxylation is 1. The van der Waals surface area contributed by atoms with Crippen molar-refractivity contribution in [2.75, 3.05) is 7.05 Å². The van der Waals surface area contributed by atoms with Crippen LogP contribution in [-0.4, -0.2) is 46.7 Å². The molecule has 5 rings (SSSR count). The van der Waals surface area contributed by atoms with Crippen molar-refractivity contribution in [1.82, 2.24) is 14.1 Å². The molecule has 7 nitrogen and oxygen atoms in total. The highest BCUT2D eigenvalue weighted by Crippen LogP contribution is 2.39. The van der Waals surface area contributed by atoms with E-state index >= 15 is 0 Å². The van der Waals surface area contributed by atoms with Gasteiger partial charge in [0.1, 0.15) is 11.7 Å². The molecule has 46 heavy (non-hydrogen) atoms. The minimum absolute atomic E-state index is 0.0137. The van der Waals surface area contributed by atoms with Crippen LogP contribution in [0.2, 0.25) is 5.02 Å². The summed E-state index contributed by atoms with van der Waals surface area (Å²) in [5, 5.41) is 15.5. The van der Waals surface area contributed by atoms with Gasteiger partial charge in [-0.2, -0.15) is 9.40 Å². The van der Waals surface area contributed by atoms with Gasteiger partial charge in [-0.25, -0.2) is 13.1 Å². The molecule has 238 valence electrons. The van der Waals surface area contributed by atoms with Crippen molar-refractivity contribution >= 4 is 43.5 Å². The number of carboxylic acids is 1. The van der Waals surface area contributed by atoms with Crippen LogP contribution in [0, 0.1) is 0 Å². The van der Waals surface area contributed by atoms with Crippen molar-refractivity contribution in [3.8, 4) is 28.2 Å². The van der Waals surface area contributed by atoms with E-state index in [1.807, 2.05) is 30.3 Å². The van der Waals surface area contributed by atoms with Crippen molar-refractivity contribution < 1.29 is 18.3 Å². The molecular formula is C36H35BrClN3O4S. The molecule has 0 radical (unpaired) electrons. The first-order valence-electron chi connectivity index (χ1n) is 15.1. The van der Waals surface area contributed by atoms with E-state index in [4.69, 9.17) is 16.7 Å². The smallest absolute Gasteiger partial charge is 0.322 e. The largest absolute Gasteiger partial charge is 0.480 e. The molecule has 0 aliphatic carbocycles. The van der Waals surface area contributed by atoms with E-state index in [1.54, 1.807) is 41.1 Å². The van der Waals surface area contributed by atoms with Gasteiger partial charge in [0.15, 0.2) is 0 Å². The second kappa shape index (κ2) is 14.8. The first kappa shape index (κ1) is 33.6. The average Bonchev–Trinajstić information content (AvgIpc) is 3.41. The lowest BCUT2D eigenvalue weighted by Crippen LogP contribution is -2.43. The number of sulfonamides is 1. The number of halogens is 2. The minimum Gasteiger partial charge on any atom is -0.480 e. The Morgan fingerprint density at radius 3 is 2.13 bits per heavy atom. The summed E-state index contributed by atoms with van der Waals surface area (Å²) >= 11 is 9.96. The fourth-order valence-electron chi connectivity index (χ4n) is 5.34. The Balaban J connectivity index is 1.51. The monoisotopic (exact) mass is 719 g/mol. The Kier molecular flexibility index (Phi) is 10.8. The zero-order chi connectivity index (χ0) is 32.8. The van der Waals surface area contributed by atoms with Crippen LogP contribution in [0.15, 0.2) is 112 Å². The van der Waals surface area contributed by atoms with Crippen LogP contribution in [0.5, 0.6) is 0 Å². The summed E-state index contributed by atoms with van der Waals surface area (Å²) in [6.45, 7) is 2.19. The Bertz CT molecular complexity index is 1890. The number of unbranched alkanes of at least 4 members (excludes halogenated alkanes) is 2. The highest BCUT2D eigenvalue weighted by Gasteiger charge is 2.33. The first-order chi connectivity index (χ1) is 22.1. The minimum atomic E-state index is -4.13. The molecular weight excluding hydrogens is 686 g/mol. The summed E-state index contributed by atoms with van der Waals surface area (Å²) in [5.74, 6) is -1.22. The lowest BCUT2D eigenvalue weighted by Gasteiger charge is -2.24. The molecule has 1 heterocycles. The molecule has 0 aliphatic heterocycles. The number of aromatic nitrogens is 2. The normalized spacial score (nSPS) is 12.4. The SMILES string of the molecule is CCCCCc1ccc(-c2c(Br)c(-c3ccc(Cl)cc3)nn2-c2ccc(S(=O)(=O)N(C)C(Cc3ccccc3)C(=O)O)cc2)cc1. The van der Waals surface area contributed by atoms with Crippen LogP contribution in [0.4, 0.5) is 0 Å². The van der Waals surface area contributed by atoms with E-state index in [0.717, 1.165) is 44.0 Å². The molecule has 0 saturated carbocycles. The van der Waals surface area contributed by atoms with Gasteiger partial charge in [-0.15, -0.1) is 0 Å². The van der Waals surface area contributed by atoms with Gasteiger partial charge in [0.2, 0.25) is 10.0 Å². The van der Waals surface area contributed by atoms with Gasteiger partial charge >= 0.3 is 5.97 Å². The van der Waals surface area contributed by atoms with Gasteiger partial charge in [-0.05, 0) is 82.7 Å². The van der Waals surface area contributed by atoms with Crippen LogP contribution in [0.25, 0.3) is 28.2 Å². The van der Waals surface area contributed by atoms with Gasteiger partial charge in [0, 0.05) is 23.2 Å². The predicted molar refractivity (Wildman–Crippen MR) is 187 cm³/mol. The highest BCUT2D eigenvalue weighted by molar-refractivity contribution is 9.10. The molecule has 5 aromatic rings. The number of carbonyl (C=O) groups is 1. The average molecular weight is 721 g/mol. The Hall–Kier alpha value is -3.76. The van der Waals surface area contributed by atoms with E-state index in [2.05, 4.69) is 47.1 Å². The van der Waals surface area contributed by atoms with Gasteiger partial charge in [-0.3, -0.25) is 4.79 Å². The van der Waals surface area contributed by atoms with Crippen LogP contribution in [0.1, 0.15) is 37.3 Å². The zero-order valence-corrected chi connectivity index (χ0v) is 28.8. The molecule has 0 spiro atoms. The van der Waals surface area contributed by atoms with E-state index < -0.39 is 22.0 Å². The fourth-order valence-corrected chi connectivity index (χ4v) is 7.48. The maximum atomic E-state index is 13.6. The van der Waals surface area contributed by atoms with E-state index in [-0.39, 0.29) is 11.3 Å². The van der Waals surface area contributed by atoms with Gasteiger partial charge in [0.05, 0.1) is 20.7 Å². The highest BCUT2D eigenvalue weighted by atomic mass is 79.9. The maximum Gasteiger partial charge on any atom is 0.322 e. The van der Waals surface area contributed by atoms with Crippen LogP contribution >= 0.6 is 27.5 Å². The van der Waals surface area contributed by atoms with Crippen molar-refractivity contribution in [3.05, 3.63) is 124 Å². The third-order valence-electron chi connectivity index (χ3n) is 8.00. The molecule has 1 aromatic heterocycles. The van der Waals surface area contributed by atoms with Crippen LogP contribution < -0.4 is 0 Å². The number of benzene rings is 4. The molecule has 1 N–H and O–H groups in total. The lowest BCUT2D eigenvalue weighted by molar-refractivity contribution is -0.141. The van der Waals surface area contributed by atoms with E-state index in [0.29, 0.717) is 16.4 Å². The molecule has 1 unspecified atom stereocenters. The molecule has 0 saturated heterocycles. The number of hydrogen-bond donors (Lipinski definition) is 1. The molecule has 0 aliphatic rings. The number of carboxylic acid groups (broad SMARTS) is 1. The third kappa shape index (κ3) is 7.44. The number of aliphatic carboxylic acids is 1. The molecule has 0 amide bonds. The summed E-state index contributed by atoms with van der Waals surface area (Å²) in [7, 11) is -2.82. The van der Waals surface area contributed by atoms with Gasteiger partial charge in [-0.1, -0.05) is 98.1 Å². The quantitative estimate of drug-likeness (QED) is 0.123. The fraction of sp³-hybridized carbons (Fsp3) is 0.222. The van der Waals surface area contributed by atoms with Gasteiger partial charge < -0.3 is 5.11 Å². The number of likely N-dealkylation sites (N-methyl/N-ethyl adjacent to an activating group) is 1. The van der Waals surface area contributed by atoms with Crippen LogP contribution in [-0.2, 0) is 27.7 Å². The first-order valence-corrected chi connectivity index (χ1v) is 17.7. The number of hydrogen-bond acceptors (Lipinski definition) is 4. The summed E-state index contributed by atoms with van der Waals surface area (Å²) in [5.41, 5.74) is 5.97. The van der Waals surface area contributed by atoms with Gasteiger partial charge in [0.25, 0.3) is 0 Å². The third-order valence-corrected chi connectivity index (χ3v) is 10.9. The number of nitrogens with zero attached hydrogens (tertiary/aromatic N) is 3. The molecule has 0 fully saturated rings. The standard InChI is InChI=1S/C36H35BrClN3O4S/c1-3-4-6-9-25-12-14-28(15-13-25)35-33(37)34(27-16-18-29(38)19-17-27)39-41(35)30-20-22-31(23-21-30)46(44,45)40(2)32(36(42)43)24-26-10-7-5-8-11-26/h5,7-8,10-23,32H,3-4,6,9,24H2,1-2H3,(H,42,43). The second-order valence-corrected chi connectivity index (χ2v) is 14.4. The Labute approximate surface area is 283 Å². The topological polar surface area (TPSA) is 92.5 Å². The van der Waals surface area contributed by atoms with Crippen molar-refractivity contribution in [2.45, 2.75) is 50.0 Å². The van der Waals surface area contributed by atoms with Crippen LogP contribution in [0.3, 0.4) is 0 Å². The molecule has 4 aromatic carbocycles. The molecule has 0 bridgehead atoms. The Morgan fingerprint density at radius 1 is 0.891 bits per heavy atom. The zero-order valence-electron chi connectivity index (χ0n) is 25.6. The molecule has 1 atom stereocenters. The molecule has 10 heteroatoms. The predicted octanol–water partition coefficient (Wildman–Crippen LogP) is 8.67. The summed E-state index contributed by atoms with van der Waals surface area (Å²) in [4.78, 5) is 12.1. The van der Waals surface area contributed by atoms with Crippen molar-refractivity contribution in [2.24, 2.45) is 0 Å². The second-order valence-electron chi connectivity index (χ2n) is 11.1. The summed E-state index contributed by atoms with van der Waals surface area (Å²) in [6, 6.07) is 29.9. The van der Waals surface area contributed by atoms with E-state index in [9.17, 15) is 18.3 Å². The van der Waals surface area contributed by atoms with E-state index in [1.165, 1.54) is 37.6 Å². The summed E-state index contributed by atoms with van der Waals surface area (Å²) < 4.78 is 30.7. The van der Waals surface area contributed by atoms with Crippen molar-refractivity contribution in [1.29, 1.82) is 0 Å². The Morgan fingerprint density at radius 2 is 1.52 bits per heavy atom. The summed E-state index contributed by atoms with van der Waals surface area (Å²) in [6.07, 6.45) is 4.56. The number of rotatable bonds is 13. The lowest BCUT2D eigenvalue weighted by atomic mass is 10.0.